The summed E-state index contributed by atoms with van der Waals surface area (Å²) in [5.74, 6) is -0.0948. The van der Waals surface area contributed by atoms with Crippen molar-refractivity contribution in [1.29, 1.82) is 0 Å². The molecule has 1 atom stereocenters. The highest BCUT2D eigenvalue weighted by Crippen LogP contribution is 2.09. The molecule has 1 amide bonds. The van der Waals surface area contributed by atoms with Gasteiger partial charge in [0.05, 0.1) is 0 Å². The largest absolute Gasteiger partial charge is 0.402 e. The van der Waals surface area contributed by atoms with Gasteiger partial charge in [-0.1, -0.05) is 24.6 Å². The van der Waals surface area contributed by atoms with Crippen molar-refractivity contribution in [1.82, 2.24) is 5.32 Å². The number of nitrogens with one attached hydrogen (secondary N) is 1. The van der Waals surface area contributed by atoms with E-state index in [2.05, 4.69) is 5.32 Å². The van der Waals surface area contributed by atoms with Gasteiger partial charge >= 0.3 is 0 Å². The Hall–Kier alpha value is -1.48. The van der Waals surface area contributed by atoms with Crippen LogP contribution in [0.2, 0.25) is 5.02 Å². The molecule has 0 saturated carbocycles. The number of carbonyl (C=O) groups excluding carboxylic acids is 1. The number of halogens is 1. The van der Waals surface area contributed by atoms with E-state index in [1.165, 1.54) is 0 Å². The number of hydrogen-bond donors (Lipinski definition) is 2. The Morgan fingerprint density at radius 1 is 1.44 bits per heavy atom. The maximum atomic E-state index is 11.9. The van der Waals surface area contributed by atoms with Crippen LogP contribution >= 0.6 is 11.6 Å². The van der Waals surface area contributed by atoms with Gasteiger partial charge in [-0.3, -0.25) is 4.79 Å². The van der Waals surface area contributed by atoms with Gasteiger partial charge < -0.3 is 11.1 Å². The first-order valence-electron chi connectivity index (χ1n) is 6.04. The van der Waals surface area contributed by atoms with Crippen LogP contribution in [0.3, 0.4) is 0 Å². The maximum absolute atomic E-state index is 11.9. The maximum Gasteiger partial charge on any atom is 0.251 e. The second-order valence-electron chi connectivity index (χ2n) is 4.25. The third-order valence-electron chi connectivity index (χ3n) is 2.63. The molecule has 98 valence electrons. The summed E-state index contributed by atoms with van der Waals surface area (Å²) in [5, 5.41) is 3.54. The summed E-state index contributed by atoms with van der Waals surface area (Å²) < 4.78 is 0. The molecule has 18 heavy (non-hydrogen) atoms. The van der Waals surface area contributed by atoms with Gasteiger partial charge in [0.25, 0.3) is 5.91 Å². The molecule has 4 heteroatoms. The van der Waals surface area contributed by atoms with Crippen molar-refractivity contribution < 1.29 is 4.79 Å². The zero-order chi connectivity index (χ0) is 13.5. The third-order valence-corrected chi connectivity index (χ3v) is 2.88. The molecule has 0 heterocycles. The molecule has 0 saturated heterocycles. The first-order chi connectivity index (χ1) is 8.52. The Morgan fingerprint density at radius 3 is 2.61 bits per heavy atom. The van der Waals surface area contributed by atoms with Crippen molar-refractivity contribution in [2.45, 2.75) is 32.7 Å². The molecule has 1 aromatic rings. The van der Waals surface area contributed by atoms with Crippen LogP contribution in [-0.2, 0) is 0 Å². The van der Waals surface area contributed by atoms with E-state index >= 15 is 0 Å². The Labute approximate surface area is 113 Å². The van der Waals surface area contributed by atoms with Crippen LogP contribution < -0.4 is 11.1 Å². The van der Waals surface area contributed by atoms with Crippen LogP contribution in [-0.4, -0.2) is 11.9 Å². The van der Waals surface area contributed by atoms with Gasteiger partial charge in [-0.25, -0.2) is 0 Å². The topological polar surface area (TPSA) is 55.1 Å². The number of benzene rings is 1. The monoisotopic (exact) mass is 266 g/mol. The molecule has 0 fully saturated rings. The van der Waals surface area contributed by atoms with E-state index in [1.807, 2.05) is 19.9 Å². The van der Waals surface area contributed by atoms with Crippen molar-refractivity contribution in [2.24, 2.45) is 5.73 Å². The van der Waals surface area contributed by atoms with E-state index in [1.54, 1.807) is 24.3 Å². The van der Waals surface area contributed by atoms with E-state index in [-0.39, 0.29) is 11.9 Å². The minimum absolute atomic E-state index is 0.0540. The SMILES string of the molecule is CC/C(N)=C\CC(C)NC(=O)c1ccc(Cl)cc1. The molecule has 0 aliphatic heterocycles. The van der Waals surface area contributed by atoms with Crippen molar-refractivity contribution >= 4 is 17.5 Å². The molecule has 1 aromatic carbocycles. The normalized spacial score (nSPS) is 13.2. The zero-order valence-corrected chi connectivity index (χ0v) is 11.5. The van der Waals surface area contributed by atoms with E-state index in [9.17, 15) is 4.79 Å². The van der Waals surface area contributed by atoms with Crippen LogP contribution in [0, 0.1) is 0 Å². The van der Waals surface area contributed by atoms with Gasteiger partial charge in [-0.05, 0) is 44.0 Å². The summed E-state index contributed by atoms with van der Waals surface area (Å²) in [6.45, 7) is 3.95. The number of amides is 1. The first-order valence-corrected chi connectivity index (χ1v) is 6.41. The van der Waals surface area contributed by atoms with Gasteiger partial charge in [-0.15, -0.1) is 0 Å². The smallest absolute Gasteiger partial charge is 0.251 e. The average molecular weight is 267 g/mol. The molecule has 3 N–H and O–H groups in total. The number of carbonyl (C=O) groups is 1. The fraction of sp³-hybridized carbons (Fsp3) is 0.357. The minimum Gasteiger partial charge on any atom is -0.402 e. The van der Waals surface area contributed by atoms with Crippen molar-refractivity contribution in [3.8, 4) is 0 Å². The van der Waals surface area contributed by atoms with Crippen molar-refractivity contribution in [3.05, 3.63) is 46.6 Å². The van der Waals surface area contributed by atoms with Gasteiger partial charge in [-0.2, -0.15) is 0 Å². The molecule has 3 nitrogen and oxygen atoms in total. The molecule has 1 unspecified atom stereocenters. The predicted octanol–water partition coefficient (Wildman–Crippen LogP) is 3.10. The lowest BCUT2D eigenvalue weighted by Crippen LogP contribution is -2.32. The lowest BCUT2D eigenvalue weighted by atomic mass is 10.1. The molecule has 0 radical (unpaired) electrons. The predicted molar refractivity (Wildman–Crippen MR) is 75.6 cm³/mol. The van der Waals surface area contributed by atoms with E-state index in [0.29, 0.717) is 10.6 Å². The number of hydrogen-bond acceptors (Lipinski definition) is 2. The molecule has 1 rings (SSSR count). The molecule has 0 aliphatic carbocycles. The Kier molecular flexibility index (Phi) is 5.72. The summed E-state index contributed by atoms with van der Waals surface area (Å²) in [7, 11) is 0. The molecular weight excluding hydrogens is 248 g/mol. The average Bonchev–Trinajstić information content (AvgIpc) is 2.36. The Morgan fingerprint density at radius 2 is 2.06 bits per heavy atom. The highest BCUT2D eigenvalue weighted by Gasteiger charge is 2.08. The second-order valence-corrected chi connectivity index (χ2v) is 4.69. The summed E-state index contributed by atoms with van der Waals surface area (Å²) in [4.78, 5) is 11.9. The molecular formula is C14H19ClN2O. The minimum atomic E-state index is -0.0948. The second kappa shape index (κ2) is 7.07. The fourth-order valence-corrected chi connectivity index (χ4v) is 1.57. The quantitative estimate of drug-likeness (QED) is 0.860. The highest BCUT2D eigenvalue weighted by atomic mass is 35.5. The van der Waals surface area contributed by atoms with Crippen LogP contribution in [0.4, 0.5) is 0 Å². The zero-order valence-electron chi connectivity index (χ0n) is 10.7. The van der Waals surface area contributed by atoms with Crippen LogP contribution in [0.1, 0.15) is 37.0 Å². The van der Waals surface area contributed by atoms with E-state index in [4.69, 9.17) is 17.3 Å². The first kappa shape index (κ1) is 14.6. The molecule has 0 spiro atoms. The number of nitrogens with two attached hydrogens (primary N) is 1. The summed E-state index contributed by atoms with van der Waals surface area (Å²) in [6.07, 6.45) is 3.52. The summed E-state index contributed by atoms with van der Waals surface area (Å²) >= 11 is 5.77. The number of allylic oxidation sites excluding steroid dienone is 1. The molecule has 0 aliphatic rings. The van der Waals surface area contributed by atoms with E-state index < -0.39 is 0 Å². The van der Waals surface area contributed by atoms with Gasteiger partial charge in [0.2, 0.25) is 0 Å². The Balaban J connectivity index is 2.52. The van der Waals surface area contributed by atoms with Crippen LogP contribution in [0.5, 0.6) is 0 Å². The molecule has 0 aromatic heterocycles. The highest BCUT2D eigenvalue weighted by molar-refractivity contribution is 6.30. The van der Waals surface area contributed by atoms with Gasteiger partial charge in [0.1, 0.15) is 0 Å². The van der Waals surface area contributed by atoms with Gasteiger partial charge in [0, 0.05) is 22.3 Å². The third kappa shape index (κ3) is 4.80. The summed E-state index contributed by atoms with van der Waals surface area (Å²) in [5.41, 5.74) is 7.17. The lowest BCUT2D eigenvalue weighted by Gasteiger charge is -2.12. The number of rotatable bonds is 5. The van der Waals surface area contributed by atoms with Crippen LogP contribution in [0.15, 0.2) is 36.0 Å². The lowest BCUT2D eigenvalue weighted by molar-refractivity contribution is 0.0940. The Bertz CT molecular complexity index is 426. The van der Waals surface area contributed by atoms with Crippen molar-refractivity contribution in [3.63, 3.8) is 0 Å². The standard InChI is InChI=1S/C14H19ClN2O/c1-3-13(16)9-4-10(2)17-14(18)11-5-7-12(15)8-6-11/h5-10H,3-4,16H2,1-2H3,(H,17,18)/b13-9+. The van der Waals surface area contributed by atoms with E-state index in [0.717, 1.165) is 18.5 Å². The molecule has 0 bridgehead atoms. The van der Waals surface area contributed by atoms with Gasteiger partial charge in [0.15, 0.2) is 0 Å². The van der Waals surface area contributed by atoms with Crippen molar-refractivity contribution in [2.75, 3.05) is 0 Å². The van der Waals surface area contributed by atoms with Crippen LogP contribution in [0.25, 0.3) is 0 Å². The fourth-order valence-electron chi connectivity index (χ4n) is 1.44. The summed E-state index contributed by atoms with van der Waals surface area (Å²) in [6, 6.07) is 6.88.